The van der Waals surface area contributed by atoms with E-state index in [1.165, 1.54) is 0 Å². The number of hydrogen-bond donors (Lipinski definition) is 3. The highest BCUT2D eigenvalue weighted by atomic mass is 79.9. The summed E-state index contributed by atoms with van der Waals surface area (Å²) >= 11 is 26.6. The first-order valence-electron chi connectivity index (χ1n) is 7.43. The third-order valence-corrected chi connectivity index (χ3v) is 4.88. The molecule has 26 heavy (non-hydrogen) atoms. The van der Waals surface area contributed by atoms with Crippen molar-refractivity contribution in [3.63, 3.8) is 0 Å². The first kappa shape index (κ1) is 21.3. The summed E-state index contributed by atoms with van der Waals surface area (Å²) in [5, 5.41) is 8.63. The van der Waals surface area contributed by atoms with Crippen molar-refractivity contribution in [2.45, 2.75) is 16.9 Å². The van der Waals surface area contributed by atoms with Gasteiger partial charge in [-0.25, -0.2) is 0 Å². The van der Waals surface area contributed by atoms with Crippen molar-refractivity contribution in [1.82, 2.24) is 10.6 Å². The van der Waals surface area contributed by atoms with Crippen LogP contribution in [-0.4, -0.2) is 21.0 Å². The van der Waals surface area contributed by atoms with E-state index in [1.54, 1.807) is 12.1 Å². The van der Waals surface area contributed by atoms with Gasteiger partial charge in [-0.3, -0.25) is 4.79 Å². The smallest absolute Gasteiger partial charge is 0.252 e. The van der Waals surface area contributed by atoms with Crippen LogP contribution in [0.1, 0.15) is 15.9 Å². The normalized spacial score (nSPS) is 12.2. The van der Waals surface area contributed by atoms with Crippen LogP contribution in [0.25, 0.3) is 0 Å². The van der Waals surface area contributed by atoms with Crippen LogP contribution >= 0.6 is 63.0 Å². The number of halogens is 4. The van der Waals surface area contributed by atoms with E-state index >= 15 is 0 Å². The van der Waals surface area contributed by atoms with Gasteiger partial charge in [0.2, 0.25) is 3.79 Å². The molecule has 138 valence electrons. The number of rotatable bonds is 4. The maximum absolute atomic E-state index is 12.4. The lowest BCUT2D eigenvalue weighted by Gasteiger charge is -2.28. The molecule has 3 N–H and O–H groups in total. The van der Waals surface area contributed by atoms with E-state index in [9.17, 15) is 4.79 Å². The minimum atomic E-state index is -1.82. The highest BCUT2D eigenvalue weighted by Gasteiger charge is 2.34. The Kier molecular flexibility index (Phi) is 7.55. The Morgan fingerprint density at radius 2 is 1.69 bits per heavy atom. The molecule has 1 amide bonds. The molecule has 0 saturated carbocycles. The van der Waals surface area contributed by atoms with Gasteiger partial charge in [0.25, 0.3) is 5.91 Å². The van der Waals surface area contributed by atoms with Crippen molar-refractivity contribution in [3.8, 4) is 0 Å². The Labute approximate surface area is 180 Å². The summed E-state index contributed by atoms with van der Waals surface area (Å²) < 4.78 is -1.00. The summed E-state index contributed by atoms with van der Waals surface area (Å²) in [6, 6.07) is 14.4. The molecule has 0 aliphatic heterocycles. The Morgan fingerprint density at radius 3 is 2.27 bits per heavy atom. The zero-order valence-electron chi connectivity index (χ0n) is 13.5. The number of para-hydroxylation sites is 1. The maximum atomic E-state index is 12.4. The van der Waals surface area contributed by atoms with Gasteiger partial charge < -0.3 is 16.0 Å². The minimum absolute atomic E-state index is 0.192. The molecule has 1 atom stereocenters. The van der Waals surface area contributed by atoms with Crippen molar-refractivity contribution in [2.24, 2.45) is 0 Å². The van der Waals surface area contributed by atoms with Crippen LogP contribution < -0.4 is 16.0 Å². The van der Waals surface area contributed by atoms with Crippen molar-refractivity contribution >= 4 is 79.7 Å². The van der Waals surface area contributed by atoms with Crippen molar-refractivity contribution in [1.29, 1.82) is 0 Å². The van der Waals surface area contributed by atoms with E-state index in [0.29, 0.717) is 5.56 Å². The second-order valence-corrected chi connectivity index (χ2v) is 9.02. The molecule has 0 heterocycles. The number of hydrogen-bond acceptors (Lipinski definition) is 2. The number of carbonyl (C=O) groups excluding carboxylic acids is 1. The van der Waals surface area contributed by atoms with E-state index < -0.39 is 15.9 Å². The number of amides is 1. The number of thiocarbonyl (C=S) groups is 1. The summed E-state index contributed by atoms with van der Waals surface area (Å²) in [5.41, 5.74) is 2.22. The molecule has 0 bridgehead atoms. The third kappa shape index (κ3) is 6.28. The number of alkyl halides is 3. The van der Waals surface area contributed by atoms with Gasteiger partial charge in [0, 0.05) is 10.0 Å². The fourth-order valence-corrected chi connectivity index (χ4v) is 2.91. The van der Waals surface area contributed by atoms with Gasteiger partial charge in [-0.2, -0.15) is 0 Å². The second kappa shape index (κ2) is 9.24. The molecule has 4 nitrogen and oxygen atoms in total. The number of aryl methyl sites for hydroxylation is 1. The van der Waals surface area contributed by atoms with E-state index in [1.807, 2.05) is 43.3 Å². The molecule has 0 unspecified atom stereocenters. The van der Waals surface area contributed by atoms with Crippen LogP contribution in [0.2, 0.25) is 0 Å². The summed E-state index contributed by atoms with van der Waals surface area (Å²) in [6.07, 6.45) is -1.04. The van der Waals surface area contributed by atoms with Crippen LogP contribution in [0.3, 0.4) is 0 Å². The zero-order valence-corrected chi connectivity index (χ0v) is 18.2. The average Bonchev–Trinajstić information content (AvgIpc) is 2.56. The second-order valence-electron chi connectivity index (χ2n) is 5.39. The topological polar surface area (TPSA) is 53.2 Å². The Bertz CT molecular complexity index is 797. The highest BCUT2D eigenvalue weighted by molar-refractivity contribution is 9.10. The van der Waals surface area contributed by atoms with Gasteiger partial charge >= 0.3 is 0 Å². The van der Waals surface area contributed by atoms with Crippen LogP contribution in [0.5, 0.6) is 0 Å². The Balaban J connectivity index is 2.07. The summed E-state index contributed by atoms with van der Waals surface area (Å²) in [4.78, 5) is 12.4. The predicted molar refractivity (Wildman–Crippen MR) is 116 cm³/mol. The summed E-state index contributed by atoms with van der Waals surface area (Å²) in [7, 11) is 0. The quantitative estimate of drug-likeness (QED) is 0.311. The molecule has 2 aromatic rings. The van der Waals surface area contributed by atoms with Gasteiger partial charge in [0.1, 0.15) is 6.17 Å². The Morgan fingerprint density at radius 1 is 1.08 bits per heavy atom. The van der Waals surface area contributed by atoms with E-state index in [4.69, 9.17) is 47.0 Å². The van der Waals surface area contributed by atoms with Gasteiger partial charge in [0.15, 0.2) is 5.11 Å². The Hall–Kier alpha value is -1.05. The lowest BCUT2D eigenvalue weighted by molar-refractivity contribution is 0.0934. The molecule has 0 saturated heterocycles. The largest absolute Gasteiger partial charge is 0.339 e. The molecular weight excluding hydrogens is 481 g/mol. The van der Waals surface area contributed by atoms with Gasteiger partial charge in [-0.15, -0.1) is 0 Å². The molecule has 2 aromatic carbocycles. The van der Waals surface area contributed by atoms with Crippen LogP contribution in [-0.2, 0) is 0 Å². The van der Waals surface area contributed by atoms with Crippen LogP contribution in [0.4, 0.5) is 5.69 Å². The first-order chi connectivity index (χ1) is 12.2. The number of carbonyl (C=O) groups is 1. The van der Waals surface area contributed by atoms with Crippen molar-refractivity contribution < 1.29 is 4.79 Å². The van der Waals surface area contributed by atoms with Crippen molar-refractivity contribution in [2.75, 3.05) is 5.32 Å². The molecular formula is C17H15BrCl3N3OS. The SMILES string of the molecule is Cc1ccc(C(=O)N[C@H](NC(=S)Nc2ccccc2Br)C(Cl)(Cl)Cl)cc1. The minimum Gasteiger partial charge on any atom is -0.339 e. The molecule has 0 aromatic heterocycles. The zero-order chi connectivity index (χ0) is 19.3. The monoisotopic (exact) mass is 493 g/mol. The predicted octanol–water partition coefficient (Wildman–Crippen LogP) is 5.17. The molecule has 0 aliphatic carbocycles. The van der Waals surface area contributed by atoms with Crippen LogP contribution in [0, 0.1) is 6.92 Å². The fourth-order valence-electron chi connectivity index (χ4n) is 1.97. The molecule has 0 fully saturated rings. The summed E-state index contributed by atoms with van der Waals surface area (Å²) in [6.45, 7) is 1.93. The fraction of sp³-hybridized carbons (Fsp3) is 0.176. The lowest BCUT2D eigenvalue weighted by Crippen LogP contribution is -2.56. The van der Waals surface area contributed by atoms with Gasteiger partial charge in [0.05, 0.1) is 5.69 Å². The molecule has 0 aliphatic rings. The maximum Gasteiger partial charge on any atom is 0.252 e. The average molecular weight is 496 g/mol. The number of nitrogens with one attached hydrogen (secondary N) is 3. The summed E-state index contributed by atoms with van der Waals surface area (Å²) in [5.74, 6) is -0.391. The first-order valence-corrected chi connectivity index (χ1v) is 9.76. The van der Waals surface area contributed by atoms with E-state index in [0.717, 1.165) is 15.7 Å². The standard InChI is InChI=1S/C17H15BrCl3N3OS/c1-10-6-8-11(9-7-10)14(25)23-15(17(19,20)21)24-16(26)22-13-5-3-2-4-12(13)18/h2-9,15H,1H3,(H,23,25)(H2,22,24,26)/t15-/m1/s1. The van der Waals surface area contributed by atoms with Crippen LogP contribution in [0.15, 0.2) is 53.0 Å². The van der Waals surface area contributed by atoms with Crippen molar-refractivity contribution in [3.05, 3.63) is 64.1 Å². The molecule has 2 rings (SSSR count). The molecule has 0 radical (unpaired) electrons. The van der Waals surface area contributed by atoms with E-state index in [-0.39, 0.29) is 5.11 Å². The number of benzene rings is 2. The van der Waals surface area contributed by atoms with E-state index in [2.05, 4.69) is 31.9 Å². The molecule has 9 heteroatoms. The van der Waals surface area contributed by atoms with Gasteiger partial charge in [-0.1, -0.05) is 64.6 Å². The molecule has 0 spiro atoms. The van der Waals surface area contributed by atoms with Gasteiger partial charge in [-0.05, 0) is 59.3 Å². The number of anilines is 1. The lowest BCUT2D eigenvalue weighted by atomic mass is 10.1. The third-order valence-electron chi connectivity index (χ3n) is 3.31. The highest BCUT2D eigenvalue weighted by Crippen LogP contribution is 2.29.